The minimum absolute atomic E-state index is 0.333. The second kappa shape index (κ2) is 20.5. The van der Waals surface area contributed by atoms with Gasteiger partial charge >= 0.3 is 5.97 Å². The van der Waals surface area contributed by atoms with Gasteiger partial charge in [0, 0.05) is 6.08 Å². The molecule has 0 aromatic carbocycles. The van der Waals surface area contributed by atoms with Gasteiger partial charge in [-0.15, -0.1) is 0 Å². The fourth-order valence-electron chi connectivity index (χ4n) is 2.56. The third-order valence-corrected chi connectivity index (χ3v) is 4.10. The van der Waals surface area contributed by atoms with E-state index in [9.17, 15) is 4.79 Å². The summed E-state index contributed by atoms with van der Waals surface area (Å²) in [5, 5.41) is 0. The van der Waals surface area contributed by atoms with Crippen LogP contribution in [0.3, 0.4) is 0 Å². The minimum atomic E-state index is -0.333. The van der Waals surface area contributed by atoms with Gasteiger partial charge in [0.25, 0.3) is 0 Å². The van der Waals surface area contributed by atoms with Crippen LogP contribution < -0.4 is 0 Å². The van der Waals surface area contributed by atoms with Crippen molar-refractivity contribution in [2.24, 2.45) is 0 Å². The van der Waals surface area contributed by atoms with Crippen LogP contribution >= 0.6 is 0 Å². The Morgan fingerprint density at radius 1 is 0.680 bits per heavy atom. The summed E-state index contributed by atoms with van der Waals surface area (Å²) in [5.41, 5.74) is 0. The molecule has 0 atom stereocenters. The monoisotopic (exact) mass is 346 g/mol. The van der Waals surface area contributed by atoms with E-state index < -0.39 is 0 Å². The summed E-state index contributed by atoms with van der Waals surface area (Å²) in [4.78, 5) is 10.8. The maximum absolute atomic E-state index is 10.8. The van der Waals surface area contributed by atoms with E-state index in [2.05, 4.69) is 23.8 Å². The Kier molecular flexibility index (Phi) is 19.2. The van der Waals surface area contributed by atoms with Gasteiger partial charge in [-0.1, -0.05) is 114 Å². The van der Waals surface area contributed by atoms with Gasteiger partial charge in [0.15, 0.2) is 0 Å². The van der Waals surface area contributed by atoms with Crippen LogP contribution in [0.4, 0.5) is 0 Å². The molecule has 0 radical (unpaired) electrons. The van der Waals surface area contributed by atoms with E-state index in [-0.39, 0.29) is 5.97 Å². The summed E-state index contributed by atoms with van der Waals surface area (Å²) < 4.78 is 4.50. The lowest BCUT2D eigenvalue weighted by Gasteiger charge is -2.01. The number of unbranched alkanes of at least 4 members (excludes halogenated alkanes) is 11. The maximum Gasteiger partial charge on any atom is 0.330 e. The van der Waals surface area contributed by atoms with E-state index >= 15 is 0 Å². The molecule has 25 heavy (non-hydrogen) atoms. The van der Waals surface area contributed by atoms with E-state index in [1.54, 1.807) is 6.08 Å². The molecule has 142 valence electrons. The minimum Gasteiger partial charge on any atom is -0.466 e. The van der Waals surface area contributed by atoms with Crippen molar-refractivity contribution in [2.75, 3.05) is 7.11 Å². The third-order valence-electron chi connectivity index (χ3n) is 4.10. The van der Waals surface area contributed by atoms with Gasteiger partial charge in [0.2, 0.25) is 0 Å². The van der Waals surface area contributed by atoms with Crippen LogP contribution in [0.2, 0.25) is 0 Å². The van der Waals surface area contributed by atoms with E-state index in [4.69, 9.17) is 0 Å². The normalized spacial score (nSPS) is 12.2. The first kappa shape index (κ1) is 23.4. The van der Waals surface area contributed by atoms with Crippen LogP contribution in [0, 0.1) is 0 Å². The van der Waals surface area contributed by atoms with Gasteiger partial charge in [-0.25, -0.2) is 4.79 Å². The van der Waals surface area contributed by atoms with Crippen molar-refractivity contribution in [1.29, 1.82) is 0 Å². The van der Waals surface area contributed by atoms with Gasteiger partial charge in [-0.3, -0.25) is 0 Å². The molecule has 0 saturated heterocycles. The number of allylic oxidation sites excluding steroid dienone is 7. The number of methoxy groups -OCH3 is 1. The molecular weight excluding hydrogens is 308 g/mol. The molecule has 0 aliphatic rings. The summed E-state index contributed by atoms with van der Waals surface area (Å²) in [6, 6.07) is 0. The molecule has 0 saturated carbocycles. The average Bonchev–Trinajstić information content (AvgIpc) is 2.63. The molecule has 0 aliphatic heterocycles. The fourth-order valence-corrected chi connectivity index (χ4v) is 2.56. The Labute approximate surface area is 155 Å². The molecular formula is C23H38O2. The van der Waals surface area contributed by atoms with Gasteiger partial charge < -0.3 is 4.74 Å². The number of hydrogen-bond acceptors (Lipinski definition) is 2. The fraction of sp³-hybridized carbons (Fsp3) is 0.609. The topological polar surface area (TPSA) is 26.3 Å². The maximum atomic E-state index is 10.8. The molecule has 2 nitrogen and oxygen atoms in total. The molecule has 0 unspecified atom stereocenters. The highest BCUT2D eigenvalue weighted by molar-refractivity contribution is 5.82. The summed E-state index contributed by atoms with van der Waals surface area (Å²) in [5.74, 6) is -0.333. The first-order valence-corrected chi connectivity index (χ1v) is 10.1. The van der Waals surface area contributed by atoms with Crippen molar-refractivity contribution in [2.45, 2.75) is 84.0 Å². The molecule has 0 spiro atoms. The van der Waals surface area contributed by atoms with Crippen molar-refractivity contribution in [3.8, 4) is 0 Å². The molecule has 0 rings (SSSR count). The van der Waals surface area contributed by atoms with Gasteiger partial charge in [0.05, 0.1) is 7.11 Å². The number of carbonyl (C=O) groups excluding carboxylic acids is 1. The molecule has 0 aromatic heterocycles. The number of ether oxygens (including phenoxy) is 1. The summed E-state index contributed by atoms with van der Waals surface area (Å²) in [6.45, 7) is 2.27. The highest BCUT2D eigenvalue weighted by atomic mass is 16.5. The standard InChI is InChI=1S/C23H38O2/c1-3-4-5-6-7-8-9-10-11-12-13-14-15-16-17-18-19-20-21-22-23(24)25-2/h15-22H,3-14H2,1-2H3. The summed E-state index contributed by atoms with van der Waals surface area (Å²) in [6.07, 6.45) is 31.5. The molecule has 0 aromatic rings. The predicted molar refractivity (Wildman–Crippen MR) is 110 cm³/mol. The van der Waals surface area contributed by atoms with Crippen molar-refractivity contribution in [3.63, 3.8) is 0 Å². The highest BCUT2D eigenvalue weighted by Gasteiger charge is 1.92. The summed E-state index contributed by atoms with van der Waals surface area (Å²) >= 11 is 0. The first-order chi connectivity index (χ1) is 12.3. The number of rotatable bonds is 16. The van der Waals surface area contributed by atoms with Crippen LogP contribution in [-0.4, -0.2) is 13.1 Å². The van der Waals surface area contributed by atoms with Crippen molar-refractivity contribution in [1.82, 2.24) is 0 Å². The molecule has 0 fully saturated rings. The molecule has 0 amide bonds. The van der Waals surface area contributed by atoms with E-state index in [0.29, 0.717) is 0 Å². The lowest BCUT2D eigenvalue weighted by molar-refractivity contribution is -0.134. The second-order valence-corrected chi connectivity index (χ2v) is 6.40. The van der Waals surface area contributed by atoms with E-state index in [1.807, 2.05) is 24.3 Å². The quantitative estimate of drug-likeness (QED) is 0.129. The SMILES string of the molecule is CCCCCCCCCCCCCC=CC=CC=CC=CC(=O)OC. The number of hydrogen-bond donors (Lipinski definition) is 0. The lowest BCUT2D eigenvalue weighted by Crippen LogP contribution is -1.92. The largest absolute Gasteiger partial charge is 0.466 e. The number of carbonyl (C=O) groups is 1. The van der Waals surface area contributed by atoms with E-state index in [0.717, 1.165) is 6.42 Å². The molecule has 0 heterocycles. The zero-order chi connectivity index (χ0) is 18.4. The molecule has 0 bridgehead atoms. The zero-order valence-corrected chi connectivity index (χ0v) is 16.4. The van der Waals surface area contributed by atoms with Crippen molar-refractivity contribution in [3.05, 3.63) is 48.6 Å². The lowest BCUT2D eigenvalue weighted by atomic mass is 10.1. The Bertz CT molecular complexity index is 402. The Balaban J connectivity index is 3.35. The highest BCUT2D eigenvalue weighted by Crippen LogP contribution is 2.11. The first-order valence-electron chi connectivity index (χ1n) is 10.1. The predicted octanol–water partition coefficient (Wildman–Crippen LogP) is 7.09. The van der Waals surface area contributed by atoms with Crippen LogP contribution in [0.5, 0.6) is 0 Å². The van der Waals surface area contributed by atoms with E-state index in [1.165, 1.54) is 83.8 Å². The van der Waals surface area contributed by atoms with Crippen molar-refractivity contribution >= 4 is 5.97 Å². The zero-order valence-electron chi connectivity index (χ0n) is 16.4. The van der Waals surface area contributed by atoms with Gasteiger partial charge in [-0.05, 0) is 12.8 Å². The average molecular weight is 347 g/mol. The van der Waals surface area contributed by atoms with Crippen LogP contribution in [0.15, 0.2) is 48.6 Å². The van der Waals surface area contributed by atoms with Gasteiger partial charge in [0.1, 0.15) is 0 Å². The molecule has 0 aliphatic carbocycles. The Morgan fingerprint density at radius 2 is 1.16 bits per heavy atom. The van der Waals surface area contributed by atoms with Gasteiger partial charge in [-0.2, -0.15) is 0 Å². The number of esters is 1. The van der Waals surface area contributed by atoms with Crippen LogP contribution in [0.1, 0.15) is 84.0 Å². The van der Waals surface area contributed by atoms with Crippen molar-refractivity contribution < 1.29 is 9.53 Å². The smallest absolute Gasteiger partial charge is 0.330 e. The van der Waals surface area contributed by atoms with Crippen LogP contribution in [-0.2, 0) is 9.53 Å². The summed E-state index contributed by atoms with van der Waals surface area (Å²) in [7, 11) is 1.37. The van der Waals surface area contributed by atoms with Crippen LogP contribution in [0.25, 0.3) is 0 Å². The Hall–Kier alpha value is -1.57. The Morgan fingerprint density at radius 3 is 1.72 bits per heavy atom. The molecule has 2 heteroatoms. The second-order valence-electron chi connectivity index (χ2n) is 6.40. The third kappa shape index (κ3) is 20.4. The molecule has 0 N–H and O–H groups in total.